The molecule has 0 bridgehead atoms. The Balaban J connectivity index is 1.87. The van der Waals surface area contributed by atoms with Crippen LogP contribution in [0.15, 0.2) is 5.38 Å². The Morgan fingerprint density at radius 3 is 2.93 bits per heavy atom. The molecule has 1 N–H and O–H groups in total. The summed E-state index contributed by atoms with van der Waals surface area (Å²) in [7, 11) is 0. The standard InChI is InChI=1S/C9H13ClN2S2/c1-13-9(3-2-4-9)6-11-8-12-7(10)5-14-8/h5H,2-4,6H2,1H3,(H,11,12). The molecular weight excluding hydrogens is 236 g/mol. The lowest BCUT2D eigenvalue weighted by Gasteiger charge is -2.40. The number of hydrogen-bond donors (Lipinski definition) is 1. The normalized spacial score (nSPS) is 19.0. The van der Waals surface area contributed by atoms with Crippen LogP contribution in [0.25, 0.3) is 0 Å². The summed E-state index contributed by atoms with van der Waals surface area (Å²) in [5, 5.41) is 6.75. The minimum atomic E-state index is 0.456. The van der Waals surface area contributed by atoms with E-state index < -0.39 is 0 Å². The fourth-order valence-corrected chi connectivity index (χ4v) is 3.35. The highest BCUT2D eigenvalue weighted by Crippen LogP contribution is 2.42. The van der Waals surface area contributed by atoms with Gasteiger partial charge in [-0.2, -0.15) is 11.8 Å². The van der Waals surface area contributed by atoms with E-state index in [2.05, 4.69) is 16.6 Å². The first kappa shape index (κ1) is 10.6. The molecule has 0 radical (unpaired) electrons. The van der Waals surface area contributed by atoms with Gasteiger partial charge in [-0.3, -0.25) is 0 Å². The summed E-state index contributed by atoms with van der Waals surface area (Å²) in [6.45, 7) is 1.01. The van der Waals surface area contributed by atoms with E-state index in [9.17, 15) is 0 Å². The second-order valence-electron chi connectivity index (χ2n) is 3.57. The van der Waals surface area contributed by atoms with Gasteiger partial charge in [-0.25, -0.2) is 4.98 Å². The van der Waals surface area contributed by atoms with Gasteiger partial charge in [0, 0.05) is 16.7 Å². The topological polar surface area (TPSA) is 24.9 Å². The van der Waals surface area contributed by atoms with Gasteiger partial charge in [-0.1, -0.05) is 18.0 Å². The Bertz CT molecular complexity index is 304. The molecule has 14 heavy (non-hydrogen) atoms. The van der Waals surface area contributed by atoms with Gasteiger partial charge in [0.25, 0.3) is 0 Å². The average molecular weight is 249 g/mol. The summed E-state index contributed by atoms with van der Waals surface area (Å²) >= 11 is 9.28. The number of hydrogen-bond acceptors (Lipinski definition) is 4. The van der Waals surface area contributed by atoms with Crippen molar-refractivity contribution in [2.75, 3.05) is 18.1 Å². The second-order valence-corrected chi connectivity index (χ2v) is 6.09. The third kappa shape index (κ3) is 2.18. The zero-order valence-electron chi connectivity index (χ0n) is 8.05. The molecule has 1 aromatic heterocycles. The molecule has 2 rings (SSSR count). The van der Waals surface area contributed by atoms with Crippen LogP contribution in [0.5, 0.6) is 0 Å². The molecule has 2 nitrogen and oxygen atoms in total. The van der Waals surface area contributed by atoms with Crippen LogP contribution < -0.4 is 5.32 Å². The second kappa shape index (κ2) is 4.29. The lowest BCUT2D eigenvalue weighted by atomic mass is 9.84. The van der Waals surface area contributed by atoms with Crippen molar-refractivity contribution < 1.29 is 0 Å². The molecule has 0 spiro atoms. The van der Waals surface area contributed by atoms with Crippen LogP contribution in [0.3, 0.4) is 0 Å². The van der Waals surface area contributed by atoms with Crippen LogP contribution in [-0.2, 0) is 0 Å². The molecule has 5 heteroatoms. The first-order valence-electron chi connectivity index (χ1n) is 4.64. The van der Waals surface area contributed by atoms with Crippen molar-refractivity contribution in [2.45, 2.75) is 24.0 Å². The van der Waals surface area contributed by atoms with Crippen LogP contribution >= 0.6 is 34.7 Å². The molecule has 1 fully saturated rings. The summed E-state index contributed by atoms with van der Waals surface area (Å²) < 4.78 is 0.456. The minimum absolute atomic E-state index is 0.456. The molecule has 1 heterocycles. The average Bonchev–Trinajstić information content (AvgIpc) is 2.50. The monoisotopic (exact) mass is 248 g/mol. The van der Waals surface area contributed by atoms with E-state index in [1.165, 1.54) is 19.3 Å². The number of anilines is 1. The van der Waals surface area contributed by atoms with Gasteiger partial charge >= 0.3 is 0 Å². The van der Waals surface area contributed by atoms with Gasteiger partial charge in [0.1, 0.15) is 5.15 Å². The lowest BCUT2D eigenvalue weighted by molar-refractivity contribution is 0.380. The van der Waals surface area contributed by atoms with E-state index in [1.807, 2.05) is 17.1 Å². The van der Waals surface area contributed by atoms with Gasteiger partial charge in [-0.15, -0.1) is 11.3 Å². The first-order valence-corrected chi connectivity index (χ1v) is 7.12. The third-order valence-electron chi connectivity index (χ3n) is 2.74. The molecule has 78 valence electrons. The number of nitrogens with zero attached hydrogens (tertiary/aromatic N) is 1. The maximum absolute atomic E-state index is 5.75. The summed E-state index contributed by atoms with van der Waals surface area (Å²) in [5.74, 6) is 0. The van der Waals surface area contributed by atoms with Crippen LogP contribution in [0.1, 0.15) is 19.3 Å². The predicted octanol–water partition coefficient (Wildman–Crippen LogP) is 3.49. The van der Waals surface area contributed by atoms with E-state index in [4.69, 9.17) is 11.6 Å². The Hall–Kier alpha value is 0.0700. The fourth-order valence-electron chi connectivity index (χ4n) is 1.60. The third-order valence-corrected chi connectivity index (χ3v) is 5.28. The maximum atomic E-state index is 5.75. The van der Waals surface area contributed by atoms with Crippen LogP contribution in [0, 0.1) is 0 Å². The van der Waals surface area contributed by atoms with Crippen molar-refractivity contribution in [3.8, 4) is 0 Å². The number of thiazole rings is 1. The van der Waals surface area contributed by atoms with Crippen LogP contribution in [-0.4, -0.2) is 22.5 Å². The van der Waals surface area contributed by atoms with Crippen molar-refractivity contribution >= 4 is 39.8 Å². The number of thioether (sulfide) groups is 1. The van der Waals surface area contributed by atoms with Gasteiger partial charge in [0.15, 0.2) is 5.13 Å². The Morgan fingerprint density at radius 2 is 2.50 bits per heavy atom. The molecular formula is C9H13ClN2S2. The molecule has 0 aromatic carbocycles. The molecule has 0 atom stereocenters. The van der Waals surface area contributed by atoms with Gasteiger partial charge in [0.05, 0.1) is 0 Å². The van der Waals surface area contributed by atoms with E-state index in [-0.39, 0.29) is 0 Å². The summed E-state index contributed by atoms with van der Waals surface area (Å²) in [5.41, 5.74) is 0. The molecule has 1 saturated carbocycles. The number of rotatable bonds is 4. The summed E-state index contributed by atoms with van der Waals surface area (Å²) in [6.07, 6.45) is 6.19. The molecule has 0 unspecified atom stereocenters. The fraction of sp³-hybridized carbons (Fsp3) is 0.667. The zero-order valence-corrected chi connectivity index (χ0v) is 10.4. The van der Waals surface area contributed by atoms with E-state index in [0.29, 0.717) is 9.90 Å². The van der Waals surface area contributed by atoms with E-state index in [1.54, 1.807) is 11.3 Å². The van der Waals surface area contributed by atoms with Crippen molar-refractivity contribution in [3.05, 3.63) is 10.5 Å². The largest absolute Gasteiger partial charge is 0.360 e. The Kier molecular flexibility index (Phi) is 3.24. The maximum Gasteiger partial charge on any atom is 0.184 e. The lowest BCUT2D eigenvalue weighted by Crippen LogP contribution is -2.40. The van der Waals surface area contributed by atoms with Crippen molar-refractivity contribution in [3.63, 3.8) is 0 Å². The Morgan fingerprint density at radius 1 is 1.71 bits per heavy atom. The smallest absolute Gasteiger partial charge is 0.184 e. The summed E-state index contributed by atoms with van der Waals surface area (Å²) in [4.78, 5) is 4.17. The quantitative estimate of drug-likeness (QED) is 0.883. The highest BCUT2D eigenvalue weighted by molar-refractivity contribution is 8.00. The molecule has 1 aromatic rings. The highest BCUT2D eigenvalue weighted by Gasteiger charge is 2.35. The molecule has 1 aliphatic carbocycles. The number of aromatic nitrogens is 1. The Labute approximate surface area is 97.5 Å². The van der Waals surface area contributed by atoms with Crippen molar-refractivity contribution in [2.24, 2.45) is 0 Å². The molecule has 1 aliphatic rings. The molecule has 0 saturated heterocycles. The number of halogens is 1. The zero-order chi connectivity index (χ0) is 10.0. The molecule has 0 aliphatic heterocycles. The van der Waals surface area contributed by atoms with E-state index >= 15 is 0 Å². The van der Waals surface area contributed by atoms with Crippen LogP contribution in [0.4, 0.5) is 5.13 Å². The summed E-state index contributed by atoms with van der Waals surface area (Å²) in [6, 6.07) is 0. The van der Waals surface area contributed by atoms with Crippen molar-refractivity contribution in [1.82, 2.24) is 4.98 Å². The molecule has 0 amide bonds. The highest BCUT2D eigenvalue weighted by atomic mass is 35.5. The van der Waals surface area contributed by atoms with E-state index in [0.717, 1.165) is 11.7 Å². The minimum Gasteiger partial charge on any atom is -0.360 e. The number of nitrogens with one attached hydrogen (secondary N) is 1. The van der Waals surface area contributed by atoms with Gasteiger partial charge < -0.3 is 5.32 Å². The SMILES string of the molecule is CSC1(CNc2nc(Cl)cs2)CCC1. The van der Waals surface area contributed by atoms with Crippen LogP contribution in [0.2, 0.25) is 5.15 Å². The van der Waals surface area contributed by atoms with Gasteiger partial charge in [0.2, 0.25) is 0 Å². The van der Waals surface area contributed by atoms with Gasteiger partial charge in [-0.05, 0) is 19.1 Å². The first-order chi connectivity index (χ1) is 6.74. The predicted molar refractivity (Wildman–Crippen MR) is 65.7 cm³/mol. The van der Waals surface area contributed by atoms with Crippen molar-refractivity contribution in [1.29, 1.82) is 0 Å².